The Morgan fingerprint density at radius 1 is 0.894 bits per heavy atom. The van der Waals surface area contributed by atoms with E-state index in [-0.39, 0.29) is 52.6 Å². The molecule has 2 heterocycles. The number of rotatable bonds is 5. The number of hydrogen-bond acceptors (Lipinski definition) is 7. The van der Waals surface area contributed by atoms with Crippen LogP contribution in [0.2, 0.25) is 5.02 Å². The highest BCUT2D eigenvalue weighted by molar-refractivity contribution is 14.1. The summed E-state index contributed by atoms with van der Waals surface area (Å²) in [6.07, 6.45) is 2.29. The molecule has 1 saturated carbocycles. The highest BCUT2D eigenvalue weighted by atomic mass is 127. The van der Waals surface area contributed by atoms with E-state index in [1.54, 1.807) is 19.1 Å². The monoisotopic (exact) mass is 770 g/mol. The molecule has 9 nitrogen and oxygen atoms in total. The normalized spacial score (nSPS) is 28.2. The van der Waals surface area contributed by atoms with Crippen molar-refractivity contribution in [2.45, 2.75) is 25.7 Å². The molecule has 12 heteroatoms. The molecule has 3 aromatic carbocycles. The average Bonchev–Trinajstić information content (AvgIpc) is 3.42. The van der Waals surface area contributed by atoms with Crippen LogP contribution < -0.4 is 19.3 Å². The number of carbonyl (C=O) groups is 4. The summed E-state index contributed by atoms with van der Waals surface area (Å²) in [7, 11) is 2.85. The second-order valence-corrected chi connectivity index (χ2v) is 14.2. The van der Waals surface area contributed by atoms with Gasteiger partial charge in [-0.15, -0.1) is 0 Å². The van der Waals surface area contributed by atoms with Crippen LogP contribution in [0.4, 0.5) is 15.8 Å². The molecule has 47 heavy (non-hydrogen) atoms. The van der Waals surface area contributed by atoms with Crippen LogP contribution in [0.3, 0.4) is 0 Å². The Kier molecular flexibility index (Phi) is 7.62. The van der Waals surface area contributed by atoms with Gasteiger partial charge in [0.25, 0.3) is 0 Å². The van der Waals surface area contributed by atoms with E-state index in [2.05, 4.69) is 22.6 Å². The van der Waals surface area contributed by atoms with Crippen LogP contribution in [0.15, 0.2) is 66.2 Å². The third-order valence-electron chi connectivity index (χ3n) is 10.3. The number of fused-ring (bicyclic) bond motifs is 4. The first-order chi connectivity index (χ1) is 22.4. The van der Waals surface area contributed by atoms with Crippen molar-refractivity contribution in [3.05, 3.63) is 86.2 Å². The first-order valence-electron chi connectivity index (χ1n) is 15.0. The fourth-order valence-corrected chi connectivity index (χ4v) is 8.78. The summed E-state index contributed by atoms with van der Waals surface area (Å²) in [6.45, 7) is 1.71. The van der Waals surface area contributed by atoms with Crippen LogP contribution in [-0.2, 0) is 19.2 Å². The summed E-state index contributed by atoms with van der Waals surface area (Å²) in [4.78, 5) is 59.5. The summed E-state index contributed by atoms with van der Waals surface area (Å²) in [5.74, 6) is -5.89. The molecule has 0 spiro atoms. The van der Waals surface area contributed by atoms with Crippen molar-refractivity contribution in [3.63, 3.8) is 0 Å². The number of aromatic hydroxyl groups is 1. The van der Waals surface area contributed by atoms with Crippen LogP contribution >= 0.6 is 34.2 Å². The van der Waals surface area contributed by atoms with E-state index in [1.165, 1.54) is 43.4 Å². The number of phenolic OH excluding ortho intramolecular Hbond substituents is 1. The number of halogens is 3. The highest BCUT2D eigenvalue weighted by Gasteiger charge is 2.68. The number of methoxy groups -OCH3 is 2. The van der Waals surface area contributed by atoms with Crippen molar-refractivity contribution in [2.24, 2.45) is 29.1 Å². The first kappa shape index (κ1) is 31.6. The molecule has 2 aliphatic heterocycles. The Morgan fingerprint density at radius 2 is 1.53 bits per heavy atom. The largest absolute Gasteiger partial charge is 0.508 e. The van der Waals surface area contributed by atoms with Crippen molar-refractivity contribution >= 4 is 69.2 Å². The van der Waals surface area contributed by atoms with E-state index in [0.29, 0.717) is 11.3 Å². The molecule has 0 aromatic heterocycles. The highest BCUT2D eigenvalue weighted by Crippen LogP contribution is 2.65. The number of carbonyl (C=O) groups excluding carboxylic acids is 4. The zero-order valence-electron chi connectivity index (χ0n) is 25.5. The standard InChI is InChI=1S/C35H29ClFIN2O7/c1-35-23(32(43)40(34(35)45)18-8-11-25(37)24(36)12-18)15-22-20(30(35)29-26(46-2)13-19(41)14-27(29)47-3)9-10-21-28(22)33(44)39(31(21)42)17-6-4-16(38)5-7-17/h4-9,11-14,21-23,28,30,41H,10,15H2,1-3H3. The topological polar surface area (TPSA) is 113 Å². The molecule has 4 aliphatic rings. The molecule has 0 radical (unpaired) electrons. The predicted molar refractivity (Wildman–Crippen MR) is 179 cm³/mol. The summed E-state index contributed by atoms with van der Waals surface area (Å²) >= 11 is 8.25. The van der Waals surface area contributed by atoms with Crippen molar-refractivity contribution in [1.29, 1.82) is 0 Å². The second-order valence-electron chi connectivity index (χ2n) is 12.5. The summed E-state index contributed by atoms with van der Waals surface area (Å²) in [5.41, 5.74) is 0.324. The number of amides is 4. The molecule has 2 saturated heterocycles. The SMILES string of the molecule is COc1cc(O)cc(OC)c1C1C2=CCC3C(=O)N(c4ccc(I)cc4)C(=O)C3C2CC2C(=O)N(c3ccc(F)c(Cl)c3)C(=O)C21C. The van der Waals surface area contributed by atoms with Crippen molar-refractivity contribution in [1.82, 2.24) is 0 Å². The fourth-order valence-electron chi connectivity index (χ4n) is 8.25. The minimum atomic E-state index is -1.42. The number of benzene rings is 3. The van der Waals surface area contributed by atoms with Crippen molar-refractivity contribution in [2.75, 3.05) is 24.0 Å². The smallest absolute Gasteiger partial charge is 0.241 e. The zero-order chi connectivity index (χ0) is 33.5. The summed E-state index contributed by atoms with van der Waals surface area (Å²) in [5, 5.41) is 10.3. The molecule has 6 unspecified atom stereocenters. The van der Waals surface area contributed by atoms with E-state index in [4.69, 9.17) is 21.1 Å². The van der Waals surface area contributed by atoms with Gasteiger partial charge in [-0.2, -0.15) is 0 Å². The van der Waals surface area contributed by atoms with Gasteiger partial charge < -0.3 is 14.6 Å². The Bertz CT molecular complexity index is 1890. The molecule has 4 amide bonds. The number of allylic oxidation sites excluding steroid dienone is 2. The van der Waals surface area contributed by atoms with E-state index in [1.807, 2.05) is 18.2 Å². The third-order valence-corrected chi connectivity index (χ3v) is 11.3. The van der Waals surface area contributed by atoms with E-state index >= 15 is 0 Å². The van der Waals surface area contributed by atoms with E-state index in [9.17, 15) is 28.7 Å². The van der Waals surface area contributed by atoms with Gasteiger partial charge in [-0.05, 0) is 90.7 Å². The lowest BCUT2D eigenvalue weighted by atomic mass is 9.51. The number of nitrogens with zero attached hydrogens (tertiary/aromatic N) is 2. The number of imide groups is 2. The van der Waals surface area contributed by atoms with Gasteiger partial charge in [0.1, 0.15) is 23.1 Å². The van der Waals surface area contributed by atoms with E-state index in [0.717, 1.165) is 20.1 Å². The quantitative estimate of drug-likeness (QED) is 0.186. The van der Waals surface area contributed by atoms with Gasteiger partial charge in [0.05, 0.1) is 53.8 Å². The van der Waals surface area contributed by atoms with Gasteiger partial charge >= 0.3 is 0 Å². The van der Waals surface area contributed by atoms with Crippen LogP contribution in [0.25, 0.3) is 0 Å². The lowest BCUT2D eigenvalue weighted by Crippen LogP contribution is -2.49. The molecule has 242 valence electrons. The number of phenols is 1. The van der Waals surface area contributed by atoms with Crippen molar-refractivity contribution < 1.29 is 38.1 Å². The maximum absolute atomic E-state index is 14.7. The molecular formula is C35H29ClFIN2O7. The molecule has 6 atom stereocenters. The number of ether oxygens (including phenoxy) is 2. The fraction of sp³-hybridized carbons (Fsp3) is 0.314. The average molecular weight is 771 g/mol. The van der Waals surface area contributed by atoms with Crippen LogP contribution in [-0.4, -0.2) is 43.0 Å². The lowest BCUT2D eigenvalue weighted by Gasteiger charge is -2.49. The van der Waals surface area contributed by atoms with E-state index < -0.39 is 52.6 Å². The second kappa shape index (κ2) is 11.3. The number of anilines is 2. The maximum atomic E-state index is 14.7. The first-order valence-corrected chi connectivity index (χ1v) is 16.5. The molecular weight excluding hydrogens is 742 g/mol. The Morgan fingerprint density at radius 3 is 2.15 bits per heavy atom. The minimum absolute atomic E-state index is 0.122. The van der Waals surface area contributed by atoms with Crippen LogP contribution in [0.5, 0.6) is 17.2 Å². The summed E-state index contributed by atoms with van der Waals surface area (Å²) in [6, 6.07) is 13.6. The molecule has 3 fully saturated rings. The lowest BCUT2D eigenvalue weighted by molar-refractivity contribution is -0.131. The van der Waals surface area contributed by atoms with Gasteiger partial charge in [-0.3, -0.25) is 24.1 Å². The minimum Gasteiger partial charge on any atom is -0.508 e. The van der Waals surface area contributed by atoms with Crippen LogP contribution in [0.1, 0.15) is 31.2 Å². The van der Waals surface area contributed by atoms with Crippen LogP contribution in [0, 0.1) is 38.5 Å². The maximum Gasteiger partial charge on any atom is 0.241 e. The third kappa shape index (κ3) is 4.52. The molecule has 7 rings (SSSR count). The van der Waals surface area contributed by atoms with Gasteiger partial charge in [-0.25, -0.2) is 9.29 Å². The molecule has 3 aromatic rings. The van der Waals surface area contributed by atoms with Crippen molar-refractivity contribution in [3.8, 4) is 17.2 Å². The molecule has 1 N–H and O–H groups in total. The van der Waals surface area contributed by atoms with Gasteiger partial charge in [0.2, 0.25) is 23.6 Å². The van der Waals surface area contributed by atoms with Gasteiger partial charge in [0, 0.05) is 27.2 Å². The summed E-state index contributed by atoms with van der Waals surface area (Å²) < 4.78 is 26.6. The zero-order valence-corrected chi connectivity index (χ0v) is 28.4. The molecule has 2 aliphatic carbocycles. The Balaban J connectivity index is 1.42. The predicted octanol–water partition coefficient (Wildman–Crippen LogP) is 6.24. The van der Waals surface area contributed by atoms with Gasteiger partial charge in [0.15, 0.2) is 0 Å². The molecule has 0 bridgehead atoms. The number of hydrogen-bond donors (Lipinski definition) is 1. The Hall–Kier alpha value is -3.97. The van der Waals surface area contributed by atoms with Gasteiger partial charge in [-0.1, -0.05) is 23.3 Å². The Labute approximate surface area is 288 Å².